The molecule has 0 saturated carbocycles. The number of hydrogen-bond acceptors (Lipinski definition) is 4. The van der Waals surface area contributed by atoms with Crippen LogP contribution in [0, 0.1) is 6.92 Å². The first-order valence-electron chi connectivity index (χ1n) is 9.47. The Kier molecular flexibility index (Phi) is 6.91. The Bertz CT molecular complexity index is 1260. The second-order valence-corrected chi connectivity index (χ2v) is 6.74. The molecule has 170 valence electrons. The van der Waals surface area contributed by atoms with Crippen molar-refractivity contribution in [2.75, 3.05) is 10.6 Å². The molecule has 0 unspecified atom stereocenters. The van der Waals surface area contributed by atoms with Gasteiger partial charge in [0.05, 0.1) is 5.69 Å². The van der Waals surface area contributed by atoms with Gasteiger partial charge in [0.2, 0.25) is 0 Å². The molecule has 2 heterocycles. The molecule has 0 atom stereocenters. The number of aryl methyl sites for hydroxylation is 1. The molecule has 4 rings (SSSR count). The van der Waals surface area contributed by atoms with E-state index in [4.69, 9.17) is 9.90 Å². The molecule has 8 nitrogen and oxygen atoms in total. The molecular weight excluding hydrogens is 439 g/mol. The second kappa shape index (κ2) is 9.81. The van der Waals surface area contributed by atoms with E-state index in [1.165, 1.54) is 0 Å². The van der Waals surface area contributed by atoms with Gasteiger partial charge in [0, 0.05) is 28.5 Å². The summed E-state index contributed by atoms with van der Waals surface area (Å²) in [4.78, 5) is 32.8. The Hall–Kier alpha value is -4.41. The number of nitrogens with one attached hydrogen (secondary N) is 3. The summed E-state index contributed by atoms with van der Waals surface area (Å²) in [6, 6.07) is 16.6. The molecular formula is C22H18F3N5O3. The van der Waals surface area contributed by atoms with Crippen LogP contribution < -0.4 is 10.6 Å². The van der Waals surface area contributed by atoms with E-state index in [-0.39, 0.29) is 6.03 Å². The topological polar surface area (TPSA) is 120 Å². The highest BCUT2D eigenvalue weighted by Gasteiger charge is 2.38. The van der Waals surface area contributed by atoms with Crippen LogP contribution in [0.4, 0.5) is 29.3 Å². The monoisotopic (exact) mass is 457 g/mol. The van der Waals surface area contributed by atoms with Gasteiger partial charge in [-0.1, -0.05) is 30.3 Å². The van der Waals surface area contributed by atoms with Gasteiger partial charge in [-0.25, -0.2) is 19.6 Å². The Labute approximate surface area is 185 Å². The third-order valence-corrected chi connectivity index (χ3v) is 4.36. The molecule has 0 bridgehead atoms. The van der Waals surface area contributed by atoms with Crippen molar-refractivity contribution in [3.8, 4) is 11.3 Å². The summed E-state index contributed by atoms with van der Waals surface area (Å²) < 4.78 is 31.7. The van der Waals surface area contributed by atoms with Crippen LogP contribution in [0.25, 0.3) is 22.3 Å². The van der Waals surface area contributed by atoms with E-state index in [1.54, 1.807) is 6.33 Å². The number of fused-ring (bicyclic) bond motifs is 1. The van der Waals surface area contributed by atoms with Crippen molar-refractivity contribution >= 4 is 34.4 Å². The average Bonchev–Trinajstić information content (AvgIpc) is 3.16. The maximum absolute atomic E-state index is 12.1. The normalized spacial score (nSPS) is 10.8. The van der Waals surface area contributed by atoms with Crippen LogP contribution in [0.1, 0.15) is 5.56 Å². The number of carbonyl (C=O) groups excluding carboxylic acids is 1. The number of para-hydroxylation sites is 1. The molecule has 0 aliphatic heterocycles. The summed E-state index contributed by atoms with van der Waals surface area (Å²) >= 11 is 0. The molecule has 4 aromatic rings. The van der Waals surface area contributed by atoms with Gasteiger partial charge in [0.1, 0.15) is 12.0 Å². The molecule has 0 radical (unpaired) electrons. The third kappa shape index (κ3) is 6.06. The van der Waals surface area contributed by atoms with Crippen LogP contribution in [0.15, 0.2) is 67.1 Å². The van der Waals surface area contributed by atoms with Crippen molar-refractivity contribution in [1.82, 2.24) is 15.0 Å². The van der Waals surface area contributed by atoms with Gasteiger partial charge in [0.25, 0.3) is 0 Å². The highest BCUT2D eigenvalue weighted by atomic mass is 19.4. The number of amides is 2. The van der Waals surface area contributed by atoms with E-state index in [9.17, 15) is 18.0 Å². The maximum atomic E-state index is 12.1. The lowest BCUT2D eigenvalue weighted by atomic mass is 10.1. The van der Waals surface area contributed by atoms with E-state index in [0.717, 1.165) is 33.5 Å². The number of H-pyrrole nitrogens is 1. The number of hydrogen-bond donors (Lipinski definition) is 4. The minimum absolute atomic E-state index is 0.283. The number of benzene rings is 2. The zero-order valence-corrected chi connectivity index (χ0v) is 17.1. The molecule has 0 spiro atoms. The van der Waals surface area contributed by atoms with Crippen LogP contribution >= 0.6 is 0 Å². The molecule has 0 aliphatic rings. The number of aromatic nitrogens is 3. The third-order valence-electron chi connectivity index (χ3n) is 4.36. The molecule has 0 saturated heterocycles. The Morgan fingerprint density at radius 1 is 0.939 bits per heavy atom. The number of rotatable bonds is 3. The van der Waals surface area contributed by atoms with Crippen molar-refractivity contribution in [1.29, 1.82) is 0 Å². The number of carbonyl (C=O) groups is 2. The minimum atomic E-state index is -5.08. The van der Waals surface area contributed by atoms with Gasteiger partial charge < -0.3 is 20.7 Å². The van der Waals surface area contributed by atoms with Crippen molar-refractivity contribution in [2.24, 2.45) is 0 Å². The van der Waals surface area contributed by atoms with Gasteiger partial charge in [-0.3, -0.25) is 0 Å². The molecule has 33 heavy (non-hydrogen) atoms. The largest absolute Gasteiger partial charge is 0.490 e. The van der Waals surface area contributed by atoms with Gasteiger partial charge >= 0.3 is 18.2 Å². The van der Waals surface area contributed by atoms with Gasteiger partial charge in [-0.2, -0.15) is 13.2 Å². The molecule has 0 fully saturated rings. The number of aliphatic carboxylic acids is 1. The van der Waals surface area contributed by atoms with Crippen LogP contribution in [-0.2, 0) is 4.79 Å². The zero-order valence-electron chi connectivity index (χ0n) is 17.1. The predicted octanol–water partition coefficient (Wildman–Crippen LogP) is 5.21. The summed E-state index contributed by atoms with van der Waals surface area (Å²) in [7, 11) is 0. The molecule has 11 heteroatoms. The first-order valence-corrected chi connectivity index (χ1v) is 9.47. The Balaban J connectivity index is 0.000000383. The number of halogens is 3. The number of nitrogens with zero attached hydrogens (tertiary/aromatic N) is 2. The standard InChI is InChI=1S/C20H17N5O.C2HF3O2/c1-13-11-21-19-17(13)18(22-12-23-19)14-7-9-16(10-8-14)25-20(26)24-15-5-3-2-4-6-15;3-2(4,5)1(6)7/h2-12H,1H3,(H,21,22,23)(H2,24,25,26);(H,6,7). The maximum Gasteiger partial charge on any atom is 0.490 e. The summed E-state index contributed by atoms with van der Waals surface area (Å²) in [6.07, 6.45) is -1.61. The number of carboxylic acid groups (broad SMARTS) is 1. The van der Waals surface area contributed by atoms with Crippen LogP contribution in [0.5, 0.6) is 0 Å². The van der Waals surface area contributed by atoms with E-state index < -0.39 is 12.1 Å². The SMILES string of the molecule is Cc1c[nH]c2ncnc(-c3ccc(NC(=O)Nc4ccccc4)cc3)c12.O=C(O)C(F)(F)F. The lowest BCUT2D eigenvalue weighted by molar-refractivity contribution is -0.192. The van der Waals surface area contributed by atoms with E-state index in [2.05, 4.69) is 25.6 Å². The minimum Gasteiger partial charge on any atom is -0.475 e. The number of anilines is 2. The summed E-state index contributed by atoms with van der Waals surface area (Å²) in [5, 5.41) is 13.7. The fraction of sp³-hybridized carbons (Fsp3) is 0.0909. The van der Waals surface area contributed by atoms with E-state index >= 15 is 0 Å². The Morgan fingerprint density at radius 2 is 1.52 bits per heavy atom. The van der Waals surface area contributed by atoms with Gasteiger partial charge in [-0.05, 0) is 36.8 Å². The summed E-state index contributed by atoms with van der Waals surface area (Å²) in [5.74, 6) is -2.76. The lowest BCUT2D eigenvalue weighted by Gasteiger charge is -2.09. The highest BCUT2D eigenvalue weighted by Crippen LogP contribution is 2.28. The fourth-order valence-corrected chi connectivity index (χ4v) is 2.86. The van der Waals surface area contributed by atoms with Crippen LogP contribution in [0.2, 0.25) is 0 Å². The second-order valence-electron chi connectivity index (χ2n) is 6.74. The van der Waals surface area contributed by atoms with Crippen molar-refractivity contribution in [3.05, 3.63) is 72.7 Å². The Morgan fingerprint density at radius 3 is 2.09 bits per heavy atom. The van der Waals surface area contributed by atoms with Crippen molar-refractivity contribution < 1.29 is 27.9 Å². The van der Waals surface area contributed by atoms with Gasteiger partial charge in [0.15, 0.2) is 0 Å². The van der Waals surface area contributed by atoms with Crippen molar-refractivity contribution in [3.63, 3.8) is 0 Å². The molecule has 0 aliphatic carbocycles. The first-order chi connectivity index (χ1) is 15.6. The van der Waals surface area contributed by atoms with E-state index in [1.807, 2.05) is 67.7 Å². The first kappa shape index (κ1) is 23.3. The molecule has 2 aromatic heterocycles. The number of aromatic amines is 1. The van der Waals surface area contributed by atoms with Crippen LogP contribution in [0.3, 0.4) is 0 Å². The quantitative estimate of drug-likeness (QED) is 0.337. The smallest absolute Gasteiger partial charge is 0.475 e. The molecule has 2 amide bonds. The molecule has 4 N–H and O–H groups in total. The van der Waals surface area contributed by atoms with Crippen molar-refractivity contribution in [2.45, 2.75) is 13.1 Å². The zero-order chi connectivity index (χ0) is 24.0. The van der Waals surface area contributed by atoms with Gasteiger partial charge in [-0.15, -0.1) is 0 Å². The highest BCUT2D eigenvalue weighted by molar-refractivity contribution is 6.00. The number of carboxylic acids is 1. The predicted molar refractivity (Wildman–Crippen MR) is 117 cm³/mol. The number of alkyl halides is 3. The van der Waals surface area contributed by atoms with E-state index in [0.29, 0.717) is 5.69 Å². The summed E-state index contributed by atoms with van der Waals surface area (Å²) in [5.41, 5.74) is 5.20. The summed E-state index contributed by atoms with van der Waals surface area (Å²) in [6.45, 7) is 2.02. The van der Waals surface area contributed by atoms with Crippen LogP contribution in [-0.4, -0.2) is 38.2 Å². The average molecular weight is 457 g/mol. The lowest BCUT2D eigenvalue weighted by Crippen LogP contribution is -2.21. The fourth-order valence-electron chi connectivity index (χ4n) is 2.86. The molecule has 2 aromatic carbocycles. The number of urea groups is 1.